The number of amides is 1. The van der Waals surface area contributed by atoms with Crippen molar-refractivity contribution in [3.05, 3.63) is 83.1 Å². The molecule has 6 heteroatoms. The van der Waals surface area contributed by atoms with Gasteiger partial charge in [0, 0.05) is 5.75 Å². The molecule has 2 aromatic carbocycles. The number of nitrogens with zero attached hydrogens (tertiary/aromatic N) is 1. The van der Waals surface area contributed by atoms with Crippen LogP contribution in [-0.2, 0) is 14.3 Å². The highest BCUT2D eigenvalue weighted by molar-refractivity contribution is 8.00. The van der Waals surface area contributed by atoms with E-state index in [-0.39, 0.29) is 11.3 Å². The minimum atomic E-state index is -0.551. The fourth-order valence-electron chi connectivity index (χ4n) is 3.41. The summed E-state index contributed by atoms with van der Waals surface area (Å²) in [7, 11) is 0. The summed E-state index contributed by atoms with van der Waals surface area (Å²) in [5.41, 5.74) is 8.81. The number of fused-ring (bicyclic) bond motifs is 1. The first-order valence-electron chi connectivity index (χ1n) is 8.79. The van der Waals surface area contributed by atoms with E-state index in [1.165, 1.54) is 4.90 Å². The Hall–Kier alpha value is -2.57. The lowest BCUT2D eigenvalue weighted by atomic mass is 10.0. The largest absolute Gasteiger partial charge is 0.448 e. The molecular formula is C21H20N2O3S. The van der Waals surface area contributed by atoms with Gasteiger partial charge in [0.15, 0.2) is 6.10 Å². The van der Waals surface area contributed by atoms with Crippen molar-refractivity contribution >= 4 is 23.6 Å². The van der Waals surface area contributed by atoms with Crippen LogP contribution in [0.4, 0.5) is 0 Å². The summed E-state index contributed by atoms with van der Waals surface area (Å²) in [5.74, 6) is -0.0567. The summed E-state index contributed by atoms with van der Waals surface area (Å²) in [5, 5.41) is -0.185. The van der Waals surface area contributed by atoms with Gasteiger partial charge < -0.3 is 10.5 Å². The average Bonchev–Trinajstić information content (AvgIpc) is 2.72. The minimum absolute atomic E-state index is 0.185. The molecule has 138 valence electrons. The van der Waals surface area contributed by atoms with Crippen LogP contribution in [0.5, 0.6) is 0 Å². The molecule has 5 nitrogen and oxygen atoms in total. The lowest BCUT2D eigenvalue weighted by Crippen LogP contribution is -2.68. The van der Waals surface area contributed by atoms with Gasteiger partial charge in [-0.15, -0.1) is 11.8 Å². The Bertz CT molecular complexity index is 859. The third-order valence-corrected chi connectivity index (χ3v) is 6.27. The Morgan fingerprint density at radius 3 is 2.22 bits per heavy atom. The van der Waals surface area contributed by atoms with Gasteiger partial charge in [-0.2, -0.15) is 0 Å². The molecule has 4 rings (SSSR count). The number of ether oxygens (including phenoxy) is 1. The van der Waals surface area contributed by atoms with Crippen molar-refractivity contribution < 1.29 is 14.3 Å². The maximum Gasteiger partial charge on any atom is 0.356 e. The number of esters is 1. The summed E-state index contributed by atoms with van der Waals surface area (Å²) in [6.07, 6.45) is -0.543. The molecule has 2 aliphatic rings. The highest BCUT2D eigenvalue weighted by Gasteiger charge is 2.51. The van der Waals surface area contributed by atoms with Gasteiger partial charge in [-0.3, -0.25) is 9.69 Å². The molecule has 0 aliphatic carbocycles. The number of nitrogens with two attached hydrogens (primary N) is 1. The zero-order chi connectivity index (χ0) is 19.0. The normalized spacial score (nSPS) is 21.7. The Morgan fingerprint density at radius 2 is 1.67 bits per heavy atom. The topological polar surface area (TPSA) is 72.6 Å². The fourth-order valence-corrected chi connectivity index (χ4v) is 4.65. The number of carbonyl (C=O) groups is 2. The number of benzene rings is 2. The molecule has 2 N–H and O–H groups in total. The highest BCUT2D eigenvalue weighted by Crippen LogP contribution is 2.40. The highest BCUT2D eigenvalue weighted by atomic mass is 32.2. The van der Waals surface area contributed by atoms with E-state index in [0.717, 1.165) is 16.7 Å². The van der Waals surface area contributed by atoms with Crippen LogP contribution in [0, 0.1) is 0 Å². The summed E-state index contributed by atoms with van der Waals surface area (Å²) < 4.78 is 5.93. The number of rotatable bonds is 4. The van der Waals surface area contributed by atoms with E-state index in [4.69, 9.17) is 10.5 Å². The molecule has 0 aromatic heterocycles. The third-order valence-electron chi connectivity index (χ3n) is 4.82. The van der Waals surface area contributed by atoms with Crippen molar-refractivity contribution in [2.24, 2.45) is 5.73 Å². The number of hydrogen-bond acceptors (Lipinski definition) is 5. The van der Waals surface area contributed by atoms with E-state index in [2.05, 4.69) is 0 Å². The van der Waals surface area contributed by atoms with Crippen molar-refractivity contribution in [3.8, 4) is 0 Å². The van der Waals surface area contributed by atoms with Gasteiger partial charge in [0.2, 0.25) is 5.91 Å². The lowest BCUT2D eigenvalue weighted by Gasteiger charge is -2.48. The summed E-state index contributed by atoms with van der Waals surface area (Å²) >= 11 is 1.58. The molecule has 0 radical (unpaired) electrons. The first-order chi connectivity index (χ1) is 13.1. The van der Waals surface area contributed by atoms with Crippen molar-refractivity contribution in [2.75, 3.05) is 5.75 Å². The smallest absolute Gasteiger partial charge is 0.356 e. The molecule has 0 spiro atoms. The predicted molar refractivity (Wildman–Crippen MR) is 105 cm³/mol. The SMILES string of the molecule is CC1=C(C(=O)OC(c2ccccc2)c2ccccc2)N2C(=O)C(N)[C@@H]2SC1. The lowest BCUT2D eigenvalue weighted by molar-refractivity contribution is -0.153. The summed E-state index contributed by atoms with van der Waals surface area (Å²) in [6, 6.07) is 18.6. The molecule has 0 saturated carbocycles. The summed E-state index contributed by atoms with van der Waals surface area (Å²) in [6.45, 7) is 1.86. The van der Waals surface area contributed by atoms with Crippen molar-refractivity contribution in [1.29, 1.82) is 0 Å². The monoisotopic (exact) mass is 380 g/mol. The number of carbonyl (C=O) groups excluding carboxylic acids is 2. The third kappa shape index (κ3) is 3.15. The molecule has 1 unspecified atom stereocenters. The van der Waals surface area contributed by atoms with E-state index in [1.807, 2.05) is 67.6 Å². The van der Waals surface area contributed by atoms with Gasteiger partial charge in [0.25, 0.3) is 0 Å². The van der Waals surface area contributed by atoms with E-state index in [0.29, 0.717) is 11.4 Å². The molecule has 2 heterocycles. The van der Waals surface area contributed by atoms with E-state index in [9.17, 15) is 9.59 Å². The Kier molecular flexibility index (Phi) is 4.76. The van der Waals surface area contributed by atoms with Crippen LogP contribution in [0.25, 0.3) is 0 Å². The quantitative estimate of drug-likeness (QED) is 0.652. The molecule has 1 fully saturated rings. The number of β-lactam (4-membered cyclic amide) rings is 1. The second kappa shape index (κ2) is 7.21. The van der Waals surface area contributed by atoms with Crippen molar-refractivity contribution in [1.82, 2.24) is 4.90 Å². The van der Waals surface area contributed by atoms with E-state index < -0.39 is 18.1 Å². The molecular weight excluding hydrogens is 360 g/mol. The Labute approximate surface area is 162 Å². The minimum Gasteiger partial charge on any atom is -0.448 e. The number of thioether (sulfide) groups is 1. The molecule has 2 atom stereocenters. The Morgan fingerprint density at radius 1 is 1.11 bits per heavy atom. The first-order valence-corrected chi connectivity index (χ1v) is 9.83. The van der Waals surface area contributed by atoms with Crippen LogP contribution in [0.1, 0.15) is 24.2 Å². The molecule has 1 amide bonds. The maximum atomic E-state index is 13.1. The average molecular weight is 380 g/mol. The van der Waals surface area contributed by atoms with Crippen LogP contribution in [0.3, 0.4) is 0 Å². The molecule has 0 bridgehead atoms. The van der Waals surface area contributed by atoms with Gasteiger partial charge in [0.05, 0.1) is 0 Å². The van der Waals surface area contributed by atoms with E-state index >= 15 is 0 Å². The van der Waals surface area contributed by atoms with Gasteiger partial charge in [-0.25, -0.2) is 4.79 Å². The van der Waals surface area contributed by atoms with Crippen molar-refractivity contribution in [2.45, 2.75) is 24.4 Å². The Balaban J connectivity index is 1.65. The molecule has 2 aliphatic heterocycles. The van der Waals surface area contributed by atoms with Crippen LogP contribution in [0.15, 0.2) is 71.9 Å². The molecule has 1 saturated heterocycles. The van der Waals surface area contributed by atoms with Gasteiger partial charge in [-0.05, 0) is 23.6 Å². The van der Waals surface area contributed by atoms with Crippen molar-refractivity contribution in [3.63, 3.8) is 0 Å². The first kappa shape index (κ1) is 17.8. The van der Waals surface area contributed by atoms with Gasteiger partial charge >= 0.3 is 5.97 Å². The number of hydrogen-bond donors (Lipinski definition) is 1. The van der Waals surface area contributed by atoms with Gasteiger partial charge in [0.1, 0.15) is 17.1 Å². The fraction of sp³-hybridized carbons (Fsp3) is 0.238. The van der Waals surface area contributed by atoms with Crippen LogP contribution in [-0.4, -0.2) is 33.9 Å². The van der Waals surface area contributed by atoms with Crippen LogP contribution in [0.2, 0.25) is 0 Å². The zero-order valence-electron chi connectivity index (χ0n) is 14.9. The molecule has 2 aromatic rings. The maximum absolute atomic E-state index is 13.1. The summed E-state index contributed by atoms with van der Waals surface area (Å²) in [4.78, 5) is 26.8. The van der Waals surface area contributed by atoms with Crippen LogP contribution < -0.4 is 5.73 Å². The van der Waals surface area contributed by atoms with E-state index in [1.54, 1.807) is 11.8 Å². The second-order valence-electron chi connectivity index (χ2n) is 6.67. The second-order valence-corrected chi connectivity index (χ2v) is 7.78. The zero-order valence-corrected chi connectivity index (χ0v) is 15.7. The standard InChI is InChI=1S/C21H20N2O3S/c1-13-12-27-20-16(22)19(24)23(20)17(13)21(25)26-18(14-8-4-2-5-9-14)15-10-6-3-7-11-15/h2-11,16,18,20H,12,22H2,1H3/t16?,20-/m0/s1. The van der Waals surface area contributed by atoms with Gasteiger partial charge in [-0.1, -0.05) is 60.7 Å². The molecule has 27 heavy (non-hydrogen) atoms. The van der Waals surface area contributed by atoms with Crippen LogP contribution >= 0.6 is 11.8 Å². The predicted octanol–water partition coefficient (Wildman–Crippen LogP) is 2.84.